The van der Waals surface area contributed by atoms with Gasteiger partial charge in [0.25, 0.3) is 5.91 Å². The van der Waals surface area contributed by atoms with Gasteiger partial charge in [0.1, 0.15) is 6.54 Å². The molecule has 0 aliphatic carbocycles. The molecule has 1 aliphatic heterocycles. The van der Waals surface area contributed by atoms with Crippen LogP contribution in [-0.4, -0.2) is 40.7 Å². The average Bonchev–Trinajstić information content (AvgIpc) is 3.39. The van der Waals surface area contributed by atoms with Crippen molar-refractivity contribution in [1.82, 2.24) is 9.80 Å². The summed E-state index contributed by atoms with van der Waals surface area (Å²) in [5.41, 5.74) is 4.09. The van der Waals surface area contributed by atoms with E-state index in [4.69, 9.17) is 11.6 Å². The van der Waals surface area contributed by atoms with Crippen molar-refractivity contribution in [3.63, 3.8) is 0 Å². The largest absolute Gasteiger partial charge is 0.330 e. The summed E-state index contributed by atoms with van der Waals surface area (Å²) in [6.07, 6.45) is 4.91. The summed E-state index contributed by atoms with van der Waals surface area (Å²) in [6.45, 7) is 6.95. The Hall–Kier alpha value is -2.63. The van der Waals surface area contributed by atoms with Crippen molar-refractivity contribution in [3.05, 3.63) is 92.1 Å². The van der Waals surface area contributed by atoms with Crippen molar-refractivity contribution in [3.8, 4) is 0 Å². The molecule has 2 aromatic carbocycles. The first-order chi connectivity index (χ1) is 17.4. The second-order valence-corrected chi connectivity index (χ2v) is 11.0. The first kappa shape index (κ1) is 26.4. The molecule has 2 heterocycles. The van der Waals surface area contributed by atoms with E-state index in [0.717, 1.165) is 37.7 Å². The van der Waals surface area contributed by atoms with Crippen LogP contribution in [0.5, 0.6) is 0 Å². The van der Waals surface area contributed by atoms with Crippen molar-refractivity contribution in [2.24, 2.45) is 0 Å². The molecule has 0 fully saturated rings. The minimum absolute atomic E-state index is 0.0278. The predicted molar refractivity (Wildman–Crippen MR) is 149 cm³/mol. The summed E-state index contributed by atoms with van der Waals surface area (Å²) in [5, 5.41) is 2.77. The standard InChI is InChI=1S/C30H35ClN2O2S/c1-4-6-7-22-8-10-24(11-9-22)30(35)33(21(3)5-2)20-28(34)32-18-16-27-26(17-19-36-27)29(32)23-12-14-25(31)15-13-23/h8-15,17,19,21,29H,4-7,16,18,20H2,1-3H3/t21-,29+/m0/s1. The van der Waals surface area contributed by atoms with E-state index in [-0.39, 0.29) is 30.4 Å². The number of nitrogens with zero attached hydrogens (tertiary/aromatic N) is 2. The summed E-state index contributed by atoms with van der Waals surface area (Å²) < 4.78 is 0. The lowest BCUT2D eigenvalue weighted by molar-refractivity contribution is -0.134. The first-order valence-corrected chi connectivity index (χ1v) is 14.2. The Labute approximate surface area is 223 Å². The molecule has 1 aromatic heterocycles. The Morgan fingerprint density at radius 2 is 1.81 bits per heavy atom. The number of fused-ring (bicyclic) bond motifs is 1. The lowest BCUT2D eigenvalue weighted by Gasteiger charge is -2.38. The minimum atomic E-state index is -0.170. The van der Waals surface area contributed by atoms with Gasteiger partial charge in [-0.05, 0) is 85.0 Å². The lowest BCUT2D eigenvalue weighted by atomic mass is 9.93. The number of thiophene rings is 1. The monoisotopic (exact) mass is 522 g/mol. The SMILES string of the molecule is CCCCc1ccc(C(=O)N(CC(=O)N2CCc3sccc3[C@H]2c2ccc(Cl)cc2)[C@@H](C)CC)cc1. The van der Waals surface area contributed by atoms with Crippen LogP contribution in [0.25, 0.3) is 0 Å². The number of benzene rings is 2. The quantitative estimate of drug-likeness (QED) is 0.299. The maximum absolute atomic E-state index is 13.8. The zero-order chi connectivity index (χ0) is 25.7. The number of unbranched alkanes of at least 4 members (excludes halogenated alkanes) is 1. The predicted octanol–water partition coefficient (Wildman–Crippen LogP) is 7.16. The summed E-state index contributed by atoms with van der Waals surface area (Å²) in [5.74, 6) is -0.115. The molecular weight excluding hydrogens is 488 g/mol. The van der Waals surface area contributed by atoms with Crippen LogP contribution in [-0.2, 0) is 17.6 Å². The third kappa shape index (κ3) is 5.84. The van der Waals surface area contributed by atoms with Crippen LogP contribution >= 0.6 is 22.9 Å². The van der Waals surface area contributed by atoms with E-state index in [0.29, 0.717) is 17.1 Å². The third-order valence-electron chi connectivity index (χ3n) is 7.18. The highest BCUT2D eigenvalue weighted by Crippen LogP contribution is 2.38. The van der Waals surface area contributed by atoms with Crippen LogP contribution in [0.15, 0.2) is 60.0 Å². The molecule has 1 aliphatic rings. The minimum Gasteiger partial charge on any atom is -0.330 e. The van der Waals surface area contributed by atoms with Gasteiger partial charge in [-0.15, -0.1) is 11.3 Å². The topological polar surface area (TPSA) is 40.6 Å². The van der Waals surface area contributed by atoms with Gasteiger partial charge in [0, 0.05) is 28.0 Å². The highest BCUT2D eigenvalue weighted by Gasteiger charge is 2.34. The summed E-state index contributed by atoms with van der Waals surface area (Å²) in [6, 6.07) is 17.5. The van der Waals surface area contributed by atoms with Gasteiger partial charge >= 0.3 is 0 Å². The van der Waals surface area contributed by atoms with Crippen LogP contribution in [0.4, 0.5) is 0 Å². The van der Waals surface area contributed by atoms with Crippen molar-refractivity contribution < 1.29 is 9.59 Å². The second kappa shape index (κ2) is 12.1. The number of halogens is 1. The molecule has 0 saturated heterocycles. The van der Waals surface area contributed by atoms with E-state index in [9.17, 15) is 9.59 Å². The molecule has 0 radical (unpaired) electrons. The molecule has 0 N–H and O–H groups in total. The van der Waals surface area contributed by atoms with Gasteiger partial charge in [0.2, 0.25) is 5.91 Å². The number of carbonyl (C=O) groups excluding carboxylic acids is 2. The van der Waals surface area contributed by atoms with Gasteiger partial charge in [-0.2, -0.15) is 0 Å². The molecular formula is C30H35ClN2O2S. The first-order valence-electron chi connectivity index (χ1n) is 12.9. The Morgan fingerprint density at radius 1 is 1.08 bits per heavy atom. The smallest absolute Gasteiger partial charge is 0.254 e. The Balaban J connectivity index is 1.58. The van der Waals surface area contributed by atoms with Gasteiger partial charge in [0.05, 0.1) is 6.04 Å². The van der Waals surface area contributed by atoms with E-state index in [1.54, 1.807) is 16.2 Å². The van der Waals surface area contributed by atoms with Gasteiger partial charge in [0.15, 0.2) is 0 Å². The van der Waals surface area contributed by atoms with Crippen LogP contribution in [0.3, 0.4) is 0 Å². The van der Waals surface area contributed by atoms with Gasteiger partial charge in [-0.3, -0.25) is 9.59 Å². The number of aryl methyl sites for hydroxylation is 1. The van der Waals surface area contributed by atoms with E-state index < -0.39 is 0 Å². The van der Waals surface area contributed by atoms with Crippen molar-refractivity contribution in [2.45, 2.75) is 65.0 Å². The van der Waals surface area contributed by atoms with Gasteiger partial charge in [-0.25, -0.2) is 0 Å². The number of hydrogen-bond donors (Lipinski definition) is 0. The van der Waals surface area contributed by atoms with Crippen molar-refractivity contribution >= 4 is 34.8 Å². The van der Waals surface area contributed by atoms with E-state index in [1.807, 2.05) is 60.4 Å². The Kier molecular flexibility index (Phi) is 8.86. The van der Waals surface area contributed by atoms with Crippen molar-refractivity contribution in [1.29, 1.82) is 0 Å². The van der Waals surface area contributed by atoms with Gasteiger partial charge in [-0.1, -0.05) is 56.1 Å². The molecule has 0 saturated carbocycles. The van der Waals surface area contributed by atoms with Crippen LogP contribution in [0.2, 0.25) is 5.02 Å². The molecule has 0 unspecified atom stereocenters. The Morgan fingerprint density at radius 3 is 2.47 bits per heavy atom. The number of rotatable bonds is 9. The average molecular weight is 523 g/mol. The molecule has 3 aromatic rings. The Bertz CT molecular complexity index is 1170. The highest BCUT2D eigenvalue weighted by atomic mass is 35.5. The van der Waals surface area contributed by atoms with Crippen LogP contribution in [0, 0.1) is 0 Å². The number of hydrogen-bond acceptors (Lipinski definition) is 3. The van der Waals surface area contributed by atoms with Crippen LogP contribution < -0.4 is 0 Å². The molecule has 0 bridgehead atoms. The molecule has 2 atom stereocenters. The van der Waals surface area contributed by atoms with E-state index >= 15 is 0 Å². The zero-order valence-corrected chi connectivity index (χ0v) is 22.9. The molecule has 2 amide bonds. The summed E-state index contributed by atoms with van der Waals surface area (Å²) in [4.78, 5) is 32.4. The normalized spacial score (nSPS) is 15.9. The molecule has 190 valence electrons. The van der Waals surface area contributed by atoms with Crippen molar-refractivity contribution in [2.75, 3.05) is 13.1 Å². The fourth-order valence-electron chi connectivity index (χ4n) is 4.84. The zero-order valence-electron chi connectivity index (χ0n) is 21.4. The van der Waals surface area contributed by atoms with E-state index in [2.05, 4.69) is 25.3 Å². The molecule has 36 heavy (non-hydrogen) atoms. The maximum Gasteiger partial charge on any atom is 0.254 e. The molecule has 4 rings (SSSR count). The third-order valence-corrected chi connectivity index (χ3v) is 8.43. The van der Waals surface area contributed by atoms with Crippen LogP contribution in [0.1, 0.15) is 78.0 Å². The highest BCUT2D eigenvalue weighted by molar-refractivity contribution is 7.10. The second-order valence-electron chi connectivity index (χ2n) is 9.58. The van der Waals surface area contributed by atoms with E-state index in [1.165, 1.54) is 16.0 Å². The number of carbonyl (C=O) groups is 2. The maximum atomic E-state index is 13.8. The van der Waals surface area contributed by atoms with Gasteiger partial charge < -0.3 is 9.80 Å². The fourth-order valence-corrected chi connectivity index (χ4v) is 5.86. The summed E-state index contributed by atoms with van der Waals surface area (Å²) >= 11 is 7.90. The fraction of sp³-hybridized carbons (Fsp3) is 0.400. The molecule has 0 spiro atoms. The lowest BCUT2D eigenvalue weighted by Crippen LogP contribution is -2.49. The number of amides is 2. The molecule has 6 heteroatoms. The summed E-state index contributed by atoms with van der Waals surface area (Å²) in [7, 11) is 0. The molecule has 4 nitrogen and oxygen atoms in total.